The Morgan fingerprint density at radius 1 is 1.37 bits per heavy atom. The summed E-state index contributed by atoms with van der Waals surface area (Å²) in [5, 5.41) is 3.56. The summed E-state index contributed by atoms with van der Waals surface area (Å²) in [7, 11) is 0. The fraction of sp³-hybridized carbons (Fsp3) is 0.625. The lowest BCUT2D eigenvalue weighted by molar-refractivity contribution is 0.274. The highest BCUT2D eigenvalue weighted by Crippen LogP contribution is 2.30. The topological polar surface area (TPSA) is 15.3 Å². The number of likely N-dealkylation sites (N-methyl/N-ethyl adjacent to an activating group) is 1. The van der Waals surface area contributed by atoms with Crippen molar-refractivity contribution < 1.29 is 4.39 Å². The van der Waals surface area contributed by atoms with Crippen LogP contribution in [0.5, 0.6) is 0 Å². The van der Waals surface area contributed by atoms with Gasteiger partial charge in [-0.3, -0.25) is 0 Å². The summed E-state index contributed by atoms with van der Waals surface area (Å²) < 4.78 is 13.4. The van der Waals surface area contributed by atoms with Gasteiger partial charge in [0.05, 0.1) is 0 Å². The van der Waals surface area contributed by atoms with Gasteiger partial charge in [-0.1, -0.05) is 33.8 Å². The Kier molecular flexibility index (Phi) is 4.14. The molecule has 19 heavy (non-hydrogen) atoms. The van der Waals surface area contributed by atoms with Crippen LogP contribution in [0.4, 0.5) is 10.1 Å². The van der Waals surface area contributed by atoms with E-state index in [-0.39, 0.29) is 11.2 Å². The van der Waals surface area contributed by atoms with Crippen LogP contribution < -0.4 is 10.2 Å². The number of anilines is 1. The lowest BCUT2D eigenvalue weighted by atomic mass is 9.86. The summed E-state index contributed by atoms with van der Waals surface area (Å²) in [6.07, 6.45) is 1.03. The fourth-order valence-corrected chi connectivity index (χ4v) is 2.72. The number of nitrogens with one attached hydrogen (secondary N) is 1. The monoisotopic (exact) mass is 264 g/mol. The smallest absolute Gasteiger partial charge is 0.125 e. The van der Waals surface area contributed by atoms with Crippen molar-refractivity contribution in [2.75, 3.05) is 24.5 Å². The molecule has 2 nitrogen and oxygen atoms in total. The van der Waals surface area contributed by atoms with E-state index >= 15 is 0 Å². The summed E-state index contributed by atoms with van der Waals surface area (Å²) in [5.41, 5.74) is 2.55. The molecule has 0 aromatic heterocycles. The molecular formula is C16H25FN2. The number of nitrogens with zero attached hydrogens (tertiary/aromatic N) is 1. The van der Waals surface area contributed by atoms with Gasteiger partial charge in [0.25, 0.3) is 0 Å². The quantitative estimate of drug-likeness (QED) is 0.898. The van der Waals surface area contributed by atoms with Gasteiger partial charge in [-0.05, 0) is 36.1 Å². The van der Waals surface area contributed by atoms with Crippen LogP contribution in [0.25, 0.3) is 0 Å². The standard InChI is InChI=1S/C16H25FN2/c1-5-18-15(16(2,3)4)11-19-9-8-12-6-7-13(17)10-14(12)19/h6-7,10,15,18H,5,8-9,11H2,1-4H3. The number of rotatable bonds is 4. The van der Waals surface area contributed by atoms with Crippen molar-refractivity contribution >= 4 is 5.69 Å². The van der Waals surface area contributed by atoms with E-state index in [1.807, 2.05) is 6.07 Å². The summed E-state index contributed by atoms with van der Waals surface area (Å²) >= 11 is 0. The molecule has 1 N–H and O–H groups in total. The SMILES string of the molecule is CCNC(CN1CCc2ccc(F)cc21)C(C)(C)C. The molecule has 1 aromatic carbocycles. The fourth-order valence-electron chi connectivity index (χ4n) is 2.72. The Balaban J connectivity index is 2.15. The third kappa shape index (κ3) is 3.27. The van der Waals surface area contributed by atoms with Crippen molar-refractivity contribution in [2.45, 2.75) is 40.2 Å². The summed E-state index contributed by atoms with van der Waals surface area (Å²) in [6.45, 7) is 11.8. The van der Waals surface area contributed by atoms with E-state index in [2.05, 4.69) is 37.9 Å². The maximum absolute atomic E-state index is 13.4. The van der Waals surface area contributed by atoms with Crippen molar-refractivity contribution in [3.8, 4) is 0 Å². The zero-order valence-electron chi connectivity index (χ0n) is 12.5. The van der Waals surface area contributed by atoms with Crippen molar-refractivity contribution in [3.63, 3.8) is 0 Å². The van der Waals surface area contributed by atoms with E-state index in [0.717, 1.165) is 31.7 Å². The minimum Gasteiger partial charge on any atom is -0.369 e. The summed E-state index contributed by atoms with van der Waals surface area (Å²) in [4.78, 5) is 2.32. The van der Waals surface area contributed by atoms with E-state index in [1.165, 1.54) is 5.56 Å². The molecule has 0 amide bonds. The van der Waals surface area contributed by atoms with Gasteiger partial charge in [-0.2, -0.15) is 0 Å². The maximum atomic E-state index is 13.4. The molecule has 1 aromatic rings. The van der Waals surface area contributed by atoms with Crippen LogP contribution in [0, 0.1) is 11.2 Å². The van der Waals surface area contributed by atoms with Crippen molar-refractivity contribution in [3.05, 3.63) is 29.6 Å². The number of fused-ring (bicyclic) bond motifs is 1. The summed E-state index contributed by atoms with van der Waals surface area (Å²) in [6, 6.07) is 5.57. The predicted octanol–water partition coefficient (Wildman–Crippen LogP) is 3.21. The normalized spacial score (nSPS) is 16.6. The minimum absolute atomic E-state index is 0.138. The number of hydrogen-bond acceptors (Lipinski definition) is 2. The molecule has 1 atom stereocenters. The Morgan fingerprint density at radius 2 is 2.11 bits per heavy atom. The Hall–Kier alpha value is -1.09. The minimum atomic E-state index is -0.138. The van der Waals surface area contributed by atoms with Crippen LogP contribution in [0.2, 0.25) is 0 Å². The Bertz CT molecular complexity index is 437. The zero-order chi connectivity index (χ0) is 14.0. The average molecular weight is 264 g/mol. The molecule has 1 unspecified atom stereocenters. The third-order valence-corrected chi connectivity index (χ3v) is 3.94. The van der Waals surface area contributed by atoms with Crippen molar-refractivity contribution in [1.82, 2.24) is 5.32 Å². The largest absolute Gasteiger partial charge is 0.369 e. The lowest BCUT2D eigenvalue weighted by Crippen LogP contribution is -2.48. The van der Waals surface area contributed by atoms with Gasteiger partial charge in [-0.25, -0.2) is 4.39 Å². The van der Waals surface area contributed by atoms with E-state index in [4.69, 9.17) is 0 Å². The van der Waals surface area contributed by atoms with Gasteiger partial charge in [0, 0.05) is 24.8 Å². The van der Waals surface area contributed by atoms with Gasteiger partial charge >= 0.3 is 0 Å². The predicted molar refractivity (Wildman–Crippen MR) is 79.2 cm³/mol. The first-order chi connectivity index (χ1) is 8.91. The molecule has 1 aliphatic rings. The van der Waals surface area contributed by atoms with Gasteiger partial charge in [0.1, 0.15) is 5.82 Å². The molecule has 0 saturated heterocycles. The van der Waals surface area contributed by atoms with Crippen LogP contribution in [0.15, 0.2) is 18.2 Å². The van der Waals surface area contributed by atoms with Crippen LogP contribution in [-0.2, 0) is 6.42 Å². The lowest BCUT2D eigenvalue weighted by Gasteiger charge is -2.35. The average Bonchev–Trinajstić information content (AvgIpc) is 2.70. The van der Waals surface area contributed by atoms with E-state index in [1.54, 1.807) is 12.1 Å². The second-order valence-electron chi connectivity index (χ2n) is 6.45. The van der Waals surface area contributed by atoms with Gasteiger partial charge in [-0.15, -0.1) is 0 Å². The molecule has 0 spiro atoms. The molecular weight excluding hydrogens is 239 g/mol. The first kappa shape index (κ1) is 14.3. The van der Waals surface area contributed by atoms with Crippen LogP contribution in [0.1, 0.15) is 33.3 Å². The highest BCUT2D eigenvalue weighted by molar-refractivity contribution is 5.58. The highest BCUT2D eigenvalue weighted by atomic mass is 19.1. The highest BCUT2D eigenvalue weighted by Gasteiger charge is 2.28. The zero-order valence-corrected chi connectivity index (χ0v) is 12.5. The molecule has 0 saturated carbocycles. The van der Waals surface area contributed by atoms with E-state index in [0.29, 0.717) is 6.04 Å². The molecule has 2 rings (SSSR count). The van der Waals surface area contributed by atoms with Gasteiger partial charge < -0.3 is 10.2 Å². The molecule has 3 heteroatoms. The third-order valence-electron chi connectivity index (χ3n) is 3.94. The molecule has 106 valence electrons. The second-order valence-corrected chi connectivity index (χ2v) is 6.45. The Morgan fingerprint density at radius 3 is 2.74 bits per heavy atom. The van der Waals surface area contributed by atoms with Crippen LogP contribution >= 0.6 is 0 Å². The molecule has 0 fully saturated rings. The first-order valence-corrected chi connectivity index (χ1v) is 7.18. The molecule has 0 bridgehead atoms. The van der Waals surface area contributed by atoms with E-state index < -0.39 is 0 Å². The van der Waals surface area contributed by atoms with Gasteiger partial charge in [0.2, 0.25) is 0 Å². The second kappa shape index (κ2) is 5.49. The molecule has 1 aliphatic heterocycles. The van der Waals surface area contributed by atoms with Crippen LogP contribution in [0.3, 0.4) is 0 Å². The van der Waals surface area contributed by atoms with Crippen molar-refractivity contribution in [1.29, 1.82) is 0 Å². The van der Waals surface area contributed by atoms with Crippen molar-refractivity contribution in [2.24, 2.45) is 5.41 Å². The van der Waals surface area contributed by atoms with Gasteiger partial charge in [0.15, 0.2) is 0 Å². The Labute approximate surface area is 116 Å². The molecule has 0 aliphatic carbocycles. The first-order valence-electron chi connectivity index (χ1n) is 7.18. The van der Waals surface area contributed by atoms with E-state index in [9.17, 15) is 4.39 Å². The number of halogens is 1. The van der Waals surface area contributed by atoms with Crippen LogP contribution in [-0.4, -0.2) is 25.7 Å². The molecule has 0 radical (unpaired) electrons. The molecule has 1 heterocycles. The number of hydrogen-bond donors (Lipinski definition) is 1. The maximum Gasteiger partial charge on any atom is 0.125 e. The summed E-state index contributed by atoms with van der Waals surface area (Å²) in [5.74, 6) is -0.138. The number of benzene rings is 1.